The van der Waals surface area contributed by atoms with Crippen molar-refractivity contribution in [3.05, 3.63) is 82.5 Å². The maximum atomic E-state index is 14.0. The zero-order valence-electron chi connectivity index (χ0n) is 21.4. The summed E-state index contributed by atoms with van der Waals surface area (Å²) in [6, 6.07) is 10.7. The van der Waals surface area contributed by atoms with Gasteiger partial charge in [-0.1, -0.05) is 31.5 Å². The topological polar surface area (TPSA) is 92.8 Å². The van der Waals surface area contributed by atoms with Gasteiger partial charge >= 0.3 is 0 Å². The van der Waals surface area contributed by atoms with Crippen LogP contribution in [0.3, 0.4) is 0 Å². The number of fused-ring (bicyclic) bond motifs is 1. The van der Waals surface area contributed by atoms with Crippen LogP contribution in [0.1, 0.15) is 35.8 Å². The Morgan fingerprint density at radius 1 is 1.03 bits per heavy atom. The number of aromatic nitrogens is 1. The third-order valence-corrected chi connectivity index (χ3v) is 5.78. The van der Waals surface area contributed by atoms with Crippen LogP contribution in [0.4, 0.5) is 14.5 Å². The second-order valence-corrected chi connectivity index (χ2v) is 8.25. The highest BCUT2D eigenvalue weighted by Crippen LogP contribution is 2.36. The van der Waals surface area contributed by atoms with E-state index in [1.807, 2.05) is 13.8 Å². The van der Waals surface area contributed by atoms with Gasteiger partial charge in [0.15, 0.2) is 17.4 Å². The lowest BCUT2D eigenvalue weighted by molar-refractivity contribution is 0.0970. The minimum Gasteiger partial charge on any atom is -0.497 e. The Kier molecular flexibility index (Phi) is 9.92. The van der Waals surface area contributed by atoms with Crippen molar-refractivity contribution >= 4 is 34.0 Å². The van der Waals surface area contributed by atoms with Gasteiger partial charge in [0.2, 0.25) is 0 Å². The van der Waals surface area contributed by atoms with Crippen LogP contribution < -0.4 is 19.5 Å². The van der Waals surface area contributed by atoms with Crippen molar-refractivity contribution in [2.45, 2.75) is 19.9 Å². The first-order valence-corrected chi connectivity index (χ1v) is 12.3. The Morgan fingerprint density at radius 2 is 1.74 bits per heavy atom. The van der Waals surface area contributed by atoms with E-state index in [4.69, 9.17) is 30.9 Å². The van der Waals surface area contributed by atoms with Crippen molar-refractivity contribution in [2.24, 2.45) is 0 Å². The molecule has 0 aliphatic heterocycles. The van der Waals surface area contributed by atoms with Gasteiger partial charge in [0, 0.05) is 63.2 Å². The van der Waals surface area contributed by atoms with Crippen LogP contribution in [0.15, 0.2) is 54.7 Å². The second kappa shape index (κ2) is 13.1. The SMILES string of the molecule is CC.COc1cc(NC(C(=O)c2c[nH]c3cc(F)c(F)cc23)c2ccc(Cl)cc2OC)cc(OCCO)c1. The molecule has 0 saturated carbocycles. The number of hydrogen-bond acceptors (Lipinski definition) is 6. The third-order valence-electron chi connectivity index (χ3n) is 5.54. The molecule has 1 unspecified atom stereocenters. The van der Waals surface area contributed by atoms with Crippen LogP contribution in [-0.2, 0) is 0 Å². The van der Waals surface area contributed by atoms with Crippen LogP contribution in [0.5, 0.6) is 17.2 Å². The van der Waals surface area contributed by atoms with E-state index in [9.17, 15) is 13.6 Å². The van der Waals surface area contributed by atoms with E-state index in [-0.39, 0.29) is 29.7 Å². The van der Waals surface area contributed by atoms with E-state index in [2.05, 4.69) is 10.3 Å². The number of carbonyl (C=O) groups is 1. The number of nitrogens with one attached hydrogen (secondary N) is 2. The number of ether oxygens (including phenoxy) is 3. The molecule has 0 aliphatic rings. The fourth-order valence-electron chi connectivity index (χ4n) is 3.87. The average Bonchev–Trinajstić information content (AvgIpc) is 3.33. The van der Waals surface area contributed by atoms with Crippen molar-refractivity contribution in [2.75, 3.05) is 32.8 Å². The molecule has 3 N–H and O–H groups in total. The van der Waals surface area contributed by atoms with Gasteiger partial charge in [-0.25, -0.2) is 8.78 Å². The van der Waals surface area contributed by atoms with Crippen molar-refractivity contribution in [3.63, 3.8) is 0 Å². The highest BCUT2D eigenvalue weighted by Gasteiger charge is 2.28. The predicted octanol–water partition coefficient (Wildman–Crippen LogP) is 6.55. The van der Waals surface area contributed by atoms with Crippen molar-refractivity contribution < 1.29 is 32.9 Å². The van der Waals surface area contributed by atoms with E-state index < -0.39 is 23.5 Å². The summed E-state index contributed by atoms with van der Waals surface area (Å²) in [7, 11) is 2.94. The van der Waals surface area contributed by atoms with Gasteiger partial charge in [0.1, 0.15) is 29.9 Å². The van der Waals surface area contributed by atoms with Crippen LogP contribution in [0, 0.1) is 11.6 Å². The van der Waals surface area contributed by atoms with Gasteiger partial charge in [-0.05, 0) is 18.2 Å². The molecule has 0 amide bonds. The molecule has 1 aromatic heterocycles. The van der Waals surface area contributed by atoms with Crippen LogP contribution >= 0.6 is 11.6 Å². The quantitative estimate of drug-likeness (QED) is 0.195. The molecule has 38 heavy (non-hydrogen) atoms. The number of ketones is 1. The number of Topliss-reactive ketones (excluding diaryl/α,β-unsaturated/α-hetero) is 1. The number of halogens is 3. The maximum absolute atomic E-state index is 14.0. The Morgan fingerprint density at radius 3 is 2.42 bits per heavy atom. The largest absolute Gasteiger partial charge is 0.497 e. The summed E-state index contributed by atoms with van der Waals surface area (Å²) in [5.41, 5.74) is 1.36. The minimum absolute atomic E-state index is 0.0669. The molecule has 7 nitrogen and oxygen atoms in total. The minimum atomic E-state index is -1.07. The average molecular weight is 547 g/mol. The predicted molar refractivity (Wildman–Crippen MR) is 144 cm³/mol. The van der Waals surface area contributed by atoms with E-state index in [0.29, 0.717) is 33.5 Å². The molecular formula is C28H29ClF2N2O5. The lowest BCUT2D eigenvalue weighted by Crippen LogP contribution is -2.22. The standard InChI is InChI=1S/C26H23ClF2N2O5.C2H6/c1-34-16-8-15(9-17(10-16)36-6-5-32)31-25(18-4-3-14(27)7-24(18)35-2)26(33)20-13-30-23-12-22(29)21(28)11-19(20)23;1-2/h3-4,7-13,25,30-32H,5-6H2,1-2H3;1-2H3. The summed E-state index contributed by atoms with van der Waals surface area (Å²) in [6.45, 7) is 3.89. The van der Waals surface area contributed by atoms with Crippen molar-refractivity contribution in [1.29, 1.82) is 0 Å². The fourth-order valence-corrected chi connectivity index (χ4v) is 4.03. The lowest BCUT2D eigenvalue weighted by atomic mass is 9.95. The zero-order chi connectivity index (χ0) is 27.8. The van der Waals surface area contributed by atoms with E-state index in [1.54, 1.807) is 36.4 Å². The number of aromatic amines is 1. The number of H-pyrrole nitrogens is 1. The number of aliphatic hydroxyl groups is 1. The van der Waals surface area contributed by atoms with E-state index >= 15 is 0 Å². The van der Waals surface area contributed by atoms with E-state index in [1.165, 1.54) is 20.4 Å². The molecule has 10 heteroatoms. The number of rotatable bonds is 10. The molecule has 4 rings (SSSR count). The molecule has 202 valence electrons. The molecule has 0 spiro atoms. The number of anilines is 1. The molecule has 0 bridgehead atoms. The molecule has 0 saturated heterocycles. The monoisotopic (exact) mass is 546 g/mol. The Hall–Kier alpha value is -3.82. The first kappa shape index (κ1) is 28.7. The summed E-state index contributed by atoms with van der Waals surface area (Å²) in [6.07, 6.45) is 1.41. The number of carbonyl (C=O) groups excluding carboxylic acids is 1. The van der Waals surface area contributed by atoms with Crippen LogP contribution in [-0.4, -0.2) is 43.3 Å². The summed E-state index contributed by atoms with van der Waals surface area (Å²) < 4.78 is 44.1. The third kappa shape index (κ3) is 6.35. The molecule has 0 fully saturated rings. The van der Waals surface area contributed by atoms with Crippen molar-refractivity contribution in [3.8, 4) is 17.2 Å². The fraction of sp³-hybridized carbons (Fsp3) is 0.250. The first-order valence-electron chi connectivity index (χ1n) is 11.9. The van der Waals surface area contributed by atoms with Gasteiger partial charge in [0.05, 0.1) is 20.8 Å². The zero-order valence-corrected chi connectivity index (χ0v) is 22.2. The maximum Gasteiger partial charge on any atom is 0.191 e. The van der Waals surface area contributed by atoms with Gasteiger partial charge < -0.3 is 29.6 Å². The molecule has 1 heterocycles. The number of methoxy groups -OCH3 is 2. The Balaban J connectivity index is 0.00000195. The Bertz CT molecular complexity index is 1410. The number of hydrogen-bond donors (Lipinski definition) is 3. The second-order valence-electron chi connectivity index (χ2n) is 7.81. The van der Waals surface area contributed by atoms with Crippen molar-refractivity contribution in [1.82, 2.24) is 4.98 Å². The molecule has 4 aromatic rings. The molecular weight excluding hydrogens is 518 g/mol. The van der Waals surface area contributed by atoms with Gasteiger partial charge in [-0.15, -0.1) is 0 Å². The summed E-state index contributed by atoms with van der Waals surface area (Å²) in [4.78, 5) is 16.7. The van der Waals surface area contributed by atoms with Crippen LogP contribution in [0.2, 0.25) is 5.02 Å². The Labute approximate surface area is 224 Å². The summed E-state index contributed by atoms with van der Waals surface area (Å²) in [5, 5.41) is 12.9. The highest BCUT2D eigenvalue weighted by atomic mass is 35.5. The van der Waals surface area contributed by atoms with Gasteiger partial charge in [-0.3, -0.25) is 4.79 Å². The van der Waals surface area contributed by atoms with Gasteiger partial charge in [-0.2, -0.15) is 0 Å². The molecule has 3 aromatic carbocycles. The molecule has 0 radical (unpaired) electrons. The van der Waals surface area contributed by atoms with Crippen LogP contribution in [0.25, 0.3) is 10.9 Å². The van der Waals surface area contributed by atoms with Gasteiger partial charge in [0.25, 0.3) is 0 Å². The smallest absolute Gasteiger partial charge is 0.191 e. The molecule has 0 aliphatic carbocycles. The normalized spacial score (nSPS) is 11.4. The number of aliphatic hydroxyl groups excluding tert-OH is 1. The number of benzene rings is 3. The lowest BCUT2D eigenvalue weighted by Gasteiger charge is -2.22. The van der Waals surface area contributed by atoms with E-state index in [0.717, 1.165) is 12.1 Å². The molecule has 1 atom stereocenters. The summed E-state index contributed by atoms with van der Waals surface area (Å²) >= 11 is 6.14. The summed E-state index contributed by atoms with van der Waals surface area (Å²) in [5.74, 6) is -1.32. The first-order chi connectivity index (χ1) is 18.3. The highest BCUT2D eigenvalue weighted by molar-refractivity contribution is 6.30.